The molecule has 1 heterocycles. The summed E-state index contributed by atoms with van der Waals surface area (Å²) >= 11 is 0. The van der Waals surface area contributed by atoms with E-state index >= 15 is 0 Å². The van der Waals surface area contributed by atoms with Crippen LogP contribution in [0.25, 0.3) is 0 Å². The van der Waals surface area contributed by atoms with Crippen LogP contribution in [0.15, 0.2) is 77.1 Å². The van der Waals surface area contributed by atoms with Crippen molar-refractivity contribution in [2.45, 2.75) is 0 Å². The van der Waals surface area contributed by atoms with E-state index in [0.717, 1.165) is 11.4 Å². The van der Waals surface area contributed by atoms with Crippen LogP contribution in [-0.4, -0.2) is 28.2 Å². The molecule has 0 aliphatic heterocycles. The number of aromatic carboxylic acids is 1. The maximum absolute atomic E-state index is 10.8. The lowest BCUT2D eigenvalue weighted by Crippen LogP contribution is -2.08. The molecular weight excluding hydrogens is 332 g/mol. The van der Waals surface area contributed by atoms with Crippen LogP contribution in [0.2, 0.25) is 0 Å². The number of hydrogen-bond donors (Lipinski definition) is 2. The summed E-state index contributed by atoms with van der Waals surface area (Å²) < 4.78 is 0. The number of aromatic hydroxyl groups is 1. The van der Waals surface area contributed by atoms with Crippen molar-refractivity contribution in [2.75, 3.05) is 11.9 Å². The van der Waals surface area contributed by atoms with Crippen molar-refractivity contribution in [1.29, 1.82) is 0 Å². The van der Waals surface area contributed by atoms with Gasteiger partial charge in [-0.15, -0.1) is 10.2 Å². The number of phenolic OH excluding ortho intramolecular Hbond substituents is 1. The zero-order valence-electron chi connectivity index (χ0n) is 13.9. The van der Waals surface area contributed by atoms with E-state index in [-0.39, 0.29) is 17.1 Å². The second-order valence-electron chi connectivity index (χ2n) is 5.48. The highest BCUT2D eigenvalue weighted by Gasteiger charge is 2.08. The number of phenols is 1. The molecule has 130 valence electrons. The van der Waals surface area contributed by atoms with Gasteiger partial charge in [0.1, 0.15) is 11.4 Å². The first-order valence-electron chi connectivity index (χ1n) is 7.77. The van der Waals surface area contributed by atoms with Crippen molar-refractivity contribution >= 4 is 28.8 Å². The third kappa shape index (κ3) is 3.84. The van der Waals surface area contributed by atoms with E-state index < -0.39 is 5.97 Å². The first kappa shape index (κ1) is 17.1. The van der Waals surface area contributed by atoms with Gasteiger partial charge in [-0.3, -0.25) is 0 Å². The van der Waals surface area contributed by atoms with E-state index in [1.54, 1.807) is 12.1 Å². The van der Waals surface area contributed by atoms with Gasteiger partial charge in [0.15, 0.2) is 5.82 Å². The molecular formula is C19H16N4O3. The average molecular weight is 348 g/mol. The minimum Gasteiger partial charge on any atom is -0.506 e. The fourth-order valence-electron chi connectivity index (χ4n) is 2.28. The number of aromatic nitrogens is 1. The van der Waals surface area contributed by atoms with Crippen LogP contribution in [-0.2, 0) is 0 Å². The highest BCUT2D eigenvalue weighted by molar-refractivity contribution is 5.87. The van der Waals surface area contributed by atoms with Crippen molar-refractivity contribution in [3.8, 4) is 5.75 Å². The molecule has 7 heteroatoms. The number of carboxylic acids is 1. The lowest BCUT2D eigenvalue weighted by atomic mass is 10.2. The van der Waals surface area contributed by atoms with Gasteiger partial charge in [0.2, 0.25) is 0 Å². The summed E-state index contributed by atoms with van der Waals surface area (Å²) in [7, 11) is 1.90. The summed E-state index contributed by atoms with van der Waals surface area (Å²) in [4.78, 5) is 16.6. The lowest BCUT2D eigenvalue weighted by molar-refractivity contribution is 0.0696. The van der Waals surface area contributed by atoms with Crippen LogP contribution in [0, 0.1) is 0 Å². The first-order valence-corrected chi connectivity index (χ1v) is 7.77. The van der Waals surface area contributed by atoms with Crippen molar-refractivity contribution in [2.24, 2.45) is 10.2 Å². The predicted molar refractivity (Wildman–Crippen MR) is 98.0 cm³/mol. The Bertz CT molecular complexity index is 941. The SMILES string of the molecule is CN(c1ccccc1)c1ccc(N=Nc2ccc(C(=O)O)cn2)c(O)c1. The molecule has 0 fully saturated rings. The molecule has 0 atom stereocenters. The highest BCUT2D eigenvalue weighted by Crippen LogP contribution is 2.34. The van der Waals surface area contributed by atoms with Gasteiger partial charge in [-0.2, -0.15) is 0 Å². The number of anilines is 2. The van der Waals surface area contributed by atoms with Crippen LogP contribution in [0.5, 0.6) is 5.75 Å². The molecule has 0 bridgehead atoms. The summed E-state index contributed by atoms with van der Waals surface area (Å²) in [6.07, 6.45) is 1.20. The molecule has 3 rings (SSSR count). The minimum atomic E-state index is -1.06. The summed E-state index contributed by atoms with van der Waals surface area (Å²) in [6, 6.07) is 17.7. The summed E-state index contributed by atoms with van der Waals surface area (Å²) in [5, 5.41) is 26.9. The Morgan fingerprint density at radius 1 is 1.00 bits per heavy atom. The van der Waals surface area contributed by atoms with Gasteiger partial charge in [-0.1, -0.05) is 18.2 Å². The number of carboxylic acid groups (broad SMARTS) is 1. The molecule has 1 aromatic heterocycles. The van der Waals surface area contributed by atoms with E-state index in [0.29, 0.717) is 5.69 Å². The third-order valence-corrected chi connectivity index (χ3v) is 3.74. The predicted octanol–water partition coefficient (Wildman–Crippen LogP) is 4.67. The number of rotatable bonds is 5. The van der Waals surface area contributed by atoms with Gasteiger partial charge in [-0.05, 0) is 36.4 Å². The van der Waals surface area contributed by atoms with Crippen LogP contribution in [0.3, 0.4) is 0 Å². The van der Waals surface area contributed by atoms with Crippen molar-refractivity contribution in [3.63, 3.8) is 0 Å². The Kier molecular flexibility index (Phi) is 4.89. The fraction of sp³-hybridized carbons (Fsp3) is 0.0526. The van der Waals surface area contributed by atoms with E-state index in [1.165, 1.54) is 18.3 Å². The second-order valence-corrected chi connectivity index (χ2v) is 5.48. The zero-order valence-corrected chi connectivity index (χ0v) is 13.9. The zero-order chi connectivity index (χ0) is 18.5. The second kappa shape index (κ2) is 7.43. The molecule has 3 aromatic rings. The fourth-order valence-corrected chi connectivity index (χ4v) is 2.28. The number of para-hydroxylation sites is 1. The van der Waals surface area contributed by atoms with Gasteiger partial charge in [0, 0.05) is 30.7 Å². The molecule has 0 unspecified atom stereocenters. The standard InChI is InChI=1S/C19H16N4O3/c1-23(14-5-3-2-4-6-14)15-8-9-16(17(24)11-15)21-22-18-10-7-13(12-20-18)19(25)26/h2-12,24H,1H3,(H,25,26). The van der Waals surface area contributed by atoms with Gasteiger partial charge in [-0.25, -0.2) is 9.78 Å². The smallest absolute Gasteiger partial charge is 0.337 e. The monoisotopic (exact) mass is 348 g/mol. The third-order valence-electron chi connectivity index (χ3n) is 3.74. The first-order chi connectivity index (χ1) is 12.5. The highest BCUT2D eigenvalue weighted by atomic mass is 16.4. The Morgan fingerprint density at radius 2 is 1.77 bits per heavy atom. The Balaban J connectivity index is 1.78. The van der Waals surface area contributed by atoms with Crippen molar-refractivity contribution < 1.29 is 15.0 Å². The molecule has 2 aromatic carbocycles. The Labute approximate surface area is 149 Å². The molecule has 0 aliphatic carbocycles. The van der Waals surface area contributed by atoms with Gasteiger partial charge >= 0.3 is 5.97 Å². The number of azo groups is 1. The van der Waals surface area contributed by atoms with Crippen molar-refractivity contribution in [1.82, 2.24) is 4.98 Å². The van der Waals surface area contributed by atoms with E-state index in [4.69, 9.17) is 5.11 Å². The summed E-state index contributed by atoms with van der Waals surface area (Å²) in [5.74, 6) is -0.826. The number of pyridine rings is 1. The maximum atomic E-state index is 10.8. The molecule has 0 spiro atoms. The molecule has 2 N–H and O–H groups in total. The number of carbonyl (C=O) groups is 1. The van der Waals surface area contributed by atoms with E-state index in [2.05, 4.69) is 15.2 Å². The summed E-state index contributed by atoms with van der Waals surface area (Å²) in [6.45, 7) is 0. The van der Waals surface area contributed by atoms with Crippen LogP contribution in [0.4, 0.5) is 22.9 Å². The number of nitrogens with zero attached hydrogens (tertiary/aromatic N) is 4. The minimum absolute atomic E-state index is 0.0174. The van der Waals surface area contributed by atoms with Gasteiger partial charge in [0.05, 0.1) is 5.56 Å². The molecule has 26 heavy (non-hydrogen) atoms. The molecule has 0 radical (unpaired) electrons. The number of hydrogen-bond acceptors (Lipinski definition) is 6. The van der Waals surface area contributed by atoms with Crippen LogP contribution in [0.1, 0.15) is 10.4 Å². The molecule has 0 saturated carbocycles. The van der Waals surface area contributed by atoms with E-state index in [9.17, 15) is 9.90 Å². The Morgan fingerprint density at radius 3 is 2.38 bits per heavy atom. The Hall–Kier alpha value is -3.74. The van der Waals surface area contributed by atoms with Gasteiger partial charge < -0.3 is 15.1 Å². The normalized spacial score (nSPS) is 10.8. The maximum Gasteiger partial charge on any atom is 0.337 e. The lowest BCUT2D eigenvalue weighted by Gasteiger charge is -2.19. The van der Waals surface area contributed by atoms with Crippen LogP contribution >= 0.6 is 0 Å². The molecule has 0 saturated heterocycles. The van der Waals surface area contributed by atoms with Crippen LogP contribution < -0.4 is 4.90 Å². The van der Waals surface area contributed by atoms with Crippen molar-refractivity contribution in [3.05, 3.63) is 72.4 Å². The topological polar surface area (TPSA) is 98.4 Å². The largest absolute Gasteiger partial charge is 0.506 e. The average Bonchev–Trinajstić information content (AvgIpc) is 2.67. The molecule has 0 aliphatic rings. The quantitative estimate of drug-likeness (QED) is 0.653. The molecule has 0 amide bonds. The van der Waals surface area contributed by atoms with Gasteiger partial charge in [0.25, 0.3) is 0 Å². The summed E-state index contributed by atoms with van der Waals surface area (Å²) in [5.41, 5.74) is 2.15. The molecule has 7 nitrogen and oxygen atoms in total. The van der Waals surface area contributed by atoms with E-state index in [1.807, 2.05) is 48.3 Å². The number of benzene rings is 2.